The molecule has 0 spiro atoms. The quantitative estimate of drug-likeness (QED) is 0.771. The fraction of sp³-hybridized carbons (Fsp3) is 0.273. The lowest BCUT2D eigenvalue weighted by molar-refractivity contribution is -0.137. The van der Waals surface area contributed by atoms with Gasteiger partial charge in [-0.3, -0.25) is 4.79 Å². The number of aromatic nitrogens is 2. The van der Waals surface area contributed by atoms with Gasteiger partial charge in [0.1, 0.15) is 5.69 Å². The van der Waals surface area contributed by atoms with Gasteiger partial charge in [0.2, 0.25) is 0 Å². The number of rotatable bonds is 0. The number of H-pyrrole nitrogens is 1. The molecule has 1 aromatic carbocycles. The van der Waals surface area contributed by atoms with E-state index in [2.05, 4.69) is 9.97 Å². The molecule has 0 amide bonds. The molecule has 6 heteroatoms. The molecule has 0 aliphatic carbocycles. The van der Waals surface area contributed by atoms with Crippen molar-refractivity contribution in [3.8, 4) is 0 Å². The third-order valence-electron chi connectivity index (χ3n) is 2.51. The maximum Gasteiger partial charge on any atom is 0.416 e. The van der Waals surface area contributed by atoms with Crippen LogP contribution in [0, 0.1) is 13.8 Å². The molecule has 0 bridgehead atoms. The standard InChI is InChI=1S/C11H9F3N2O/c1-5-3-8-9(4-7(5)11(12,13)14)16-10(17)6(2)15-8/h3-4H,1-2H3,(H,16,17). The van der Waals surface area contributed by atoms with E-state index in [1.807, 2.05) is 0 Å². The summed E-state index contributed by atoms with van der Waals surface area (Å²) in [5.74, 6) is 0. The first-order chi connectivity index (χ1) is 7.79. The van der Waals surface area contributed by atoms with Gasteiger partial charge in [-0.2, -0.15) is 13.2 Å². The molecule has 0 radical (unpaired) electrons. The summed E-state index contributed by atoms with van der Waals surface area (Å²) in [7, 11) is 0. The van der Waals surface area contributed by atoms with Gasteiger partial charge in [-0.1, -0.05) is 0 Å². The van der Waals surface area contributed by atoms with Gasteiger partial charge in [-0.15, -0.1) is 0 Å². The SMILES string of the molecule is Cc1cc2nc(C)c(=O)[nH]c2cc1C(F)(F)F. The number of nitrogens with zero attached hydrogens (tertiary/aromatic N) is 1. The Hall–Kier alpha value is -1.85. The van der Waals surface area contributed by atoms with E-state index in [0.29, 0.717) is 5.52 Å². The third-order valence-corrected chi connectivity index (χ3v) is 2.51. The van der Waals surface area contributed by atoms with E-state index in [1.165, 1.54) is 19.9 Å². The summed E-state index contributed by atoms with van der Waals surface area (Å²) < 4.78 is 37.9. The van der Waals surface area contributed by atoms with E-state index < -0.39 is 17.3 Å². The monoisotopic (exact) mass is 242 g/mol. The molecule has 0 unspecified atom stereocenters. The van der Waals surface area contributed by atoms with Crippen molar-refractivity contribution in [1.82, 2.24) is 9.97 Å². The summed E-state index contributed by atoms with van der Waals surface area (Å²) in [4.78, 5) is 17.6. The Kier molecular flexibility index (Phi) is 2.45. The van der Waals surface area contributed by atoms with Crippen LogP contribution in [0.2, 0.25) is 0 Å². The van der Waals surface area contributed by atoms with E-state index in [9.17, 15) is 18.0 Å². The summed E-state index contributed by atoms with van der Waals surface area (Å²) in [6.45, 7) is 2.87. The van der Waals surface area contributed by atoms with Crippen molar-refractivity contribution in [3.63, 3.8) is 0 Å². The van der Waals surface area contributed by atoms with Crippen molar-refractivity contribution < 1.29 is 13.2 Å². The molecular weight excluding hydrogens is 233 g/mol. The number of alkyl halides is 3. The van der Waals surface area contributed by atoms with Crippen LogP contribution < -0.4 is 5.56 Å². The molecule has 3 nitrogen and oxygen atoms in total. The summed E-state index contributed by atoms with van der Waals surface area (Å²) in [5, 5.41) is 0. The highest BCUT2D eigenvalue weighted by atomic mass is 19.4. The highest BCUT2D eigenvalue weighted by Gasteiger charge is 2.32. The first-order valence-corrected chi connectivity index (χ1v) is 4.87. The van der Waals surface area contributed by atoms with E-state index in [4.69, 9.17) is 0 Å². The largest absolute Gasteiger partial charge is 0.416 e. The van der Waals surface area contributed by atoms with E-state index in [-0.39, 0.29) is 16.8 Å². The van der Waals surface area contributed by atoms with Gasteiger partial charge in [0.05, 0.1) is 16.6 Å². The molecule has 0 saturated heterocycles. The fourth-order valence-corrected chi connectivity index (χ4v) is 1.63. The molecule has 2 rings (SSSR count). The molecule has 17 heavy (non-hydrogen) atoms. The second-order valence-electron chi connectivity index (χ2n) is 3.83. The highest BCUT2D eigenvalue weighted by Crippen LogP contribution is 2.33. The Labute approximate surface area is 94.3 Å². The number of halogens is 3. The zero-order chi connectivity index (χ0) is 12.8. The third kappa shape index (κ3) is 2.02. The number of aryl methyl sites for hydroxylation is 2. The zero-order valence-electron chi connectivity index (χ0n) is 9.14. The lowest BCUT2D eigenvalue weighted by Crippen LogP contribution is -2.13. The summed E-state index contributed by atoms with van der Waals surface area (Å²) in [5.41, 5.74) is -0.465. The smallest absolute Gasteiger partial charge is 0.319 e. The van der Waals surface area contributed by atoms with Crippen molar-refractivity contribution in [2.45, 2.75) is 20.0 Å². The Balaban J connectivity index is 2.81. The van der Waals surface area contributed by atoms with Crippen molar-refractivity contribution in [2.24, 2.45) is 0 Å². The highest BCUT2D eigenvalue weighted by molar-refractivity contribution is 5.76. The van der Waals surface area contributed by atoms with Crippen molar-refractivity contribution in [3.05, 3.63) is 39.3 Å². The van der Waals surface area contributed by atoms with Gasteiger partial charge in [-0.05, 0) is 31.5 Å². The van der Waals surface area contributed by atoms with Crippen molar-refractivity contribution >= 4 is 11.0 Å². The number of benzene rings is 1. The lowest BCUT2D eigenvalue weighted by Gasteiger charge is -2.11. The second kappa shape index (κ2) is 3.58. The molecule has 0 fully saturated rings. The molecule has 2 aromatic rings. The first-order valence-electron chi connectivity index (χ1n) is 4.87. The topological polar surface area (TPSA) is 45.8 Å². The predicted molar refractivity (Wildman–Crippen MR) is 56.8 cm³/mol. The average Bonchev–Trinajstić information content (AvgIpc) is 2.18. The number of fused-ring (bicyclic) bond motifs is 1. The number of hydrogen-bond acceptors (Lipinski definition) is 2. The van der Waals surface area contributed by atoms with Crippen LogP contribution in [0.3, 0.4) is 0 Å². The van der Waals surface area contributed by atoms with E-state index in [0.717, 1.165) is 6.07 Å². The second-order valence-corrected chi connectivity index (χ2v) is 3.83. The van der Waals surface area contributed by atoms with Gasteiger partial charge < -0.3 is 4.98 Å². The number of hydrogen-bond donors (Lipinski definition) is 1. The summed E-state index contributed by atoms with van der Waals surface area (Å²) in [6.07, 6.45) is -4.43. The first kappa shape index (κ1) is 11.6. The van der Waals surface area contributed by atoms with Crippen LogP contribution in [0.25, 0.3) is 11.0 Å². The minimum Gasteiger partial charge on any atom is -0.319 e. The molecule has 0 atom stereocenters. The van der Waals surface area contributed by atoms with Crippen LogP contribution >= 0.6 is 0 Å². The molecule has 0 saturated carbocycles. The molecule has 90 valence electrons. The van der Waals surface area contributed by atoms with Gasteiger partial charge in [0.25, 0.3) is 5.56 Å². The number of nitrogens with one attached hydrogen (secondary N) is 1. The minimum atomic E-state index is -4.43. The van der Waals surface area contributed by atoms with Crippen LogP contribution in [-0.4, -0.2) is 9.97 Å². The van der Waals surface area contributed by atoms with Crippen LogP contribution in [0.5, 0.6) is 0 Å². The maximum absolute atomic E-state index is 12.6. The summed E-state index contributed by atoms with van der Waals surface area (Å²) in [6, 6.07) is 2.24. The predicted octanol–water partition coefficient (Wildman–Crippen LogP) is 2.56. The Morgan fingerprint density at radius 2 is 1.88 bits per heavy atom. The van der Waals surface area contributed by atoms with Crippen LogP contribution in [-0.2, 0) is 6.18 Å². The maximum atomic E-state index is 12.6. The lowest BCUT2D eigenvalue weighted by atomic mass is 10.1. The molecule has 0 aliphatic heterocycles. The van der Waals surface area contributed by atoms with Gasteiger partial charge in [-0.25, -0.2) is 4.98 Å². The minimum absolute atomic E-state index is 0.0870. The normalized spacial score (nSPS) is 12.1. The van der Waals surface area contributed by atoms with Crippen molar-refractivity contribution in [1.29, 1.82) is 0 Å². The van der Waals surface area contributed by atoms with Crippen molar-refractivity contribution in [2.75, 3.05) is 0 Å². The Morgan fingerprint density at radius 3 is 2.47 bits per heavy atom. The van der Waals surface area contributed by atoms with E-state index >= 15 is 0 Å². The van der Waals surface area contributed by atoms with Crippen LogP contribution in [0.4, 0.5) is 13.2 Å². The van der Waals surface area contributed by atoms with Gasteiger partial charge in [0, 0.05) is 0 Å². The molecule has 1 heterocycles. The molecule has 0 aliphatic rings. The number of aromatic amines is 1. The molecular formula is C11H9F3N2O. The molecule has 1 N–H and O–H groups in total. The Bertz CT molecular complexity index is 643. The van der Waals surface area contributed by atoms with E-state index in [1.54, 1.807) is 0 Å². The fourth-order valence-electron chi connectivity index (χ4n) is 1.63. The van der Waals surface area contributed by atoms with Gasteiger partial charge in [0.15, 0.2) is 0 Å². The summed E-state index contributed by atoms with van der Waals surface area (Å²) >= 11 is 0. The average molecular weight is 242 g/mol. The van der Waals surface area contributed by atoms with Gasteiger partial charge >= 0.3 is 6.18 Å². The van der Waals surface area contributed by atoms with Crippen LogP contribution in [0.15, 0.2) is 16.9 Å². The molecule has 1 aromatic heterocycles. The zero-order valence-corrected chi connectivity index (χ0v) is 9.14. The van der Waals surface area contributed by atoms with Crippen LogP contribution in [0.1, 0.15) is 16.8 Å². The Morgan fingerprint density at radius 1 is 1.24 bits per heavy atom.